The van der Waals surface area contributed by atoms with Gasteiger partial charge < -0.3 is 0 Å². The van der Waals surface area contributed by atoms with E-state index in [2.05, 4.69) is 37.0 Å². The summed E-state index contributed by atoms with van der Waals surface area (Å²) < 4.78 is 2.97. The highest BCUT2D eigenvalue weighted by Gasteiger charge is 2.02. The second-order valence-electron chi connectivity index (χ2n) is 2.00. The first kappa shape index (κ1) is 11.6. The number of aryl methyl sites for hydroxylation is 1. The first-order chi connectivity index (χ1) is 4.75. The second-order valence-corrected chi connectivity index (χ2v) is 3.65. The Labute approximate surface area is 93.4 Å². The number of hydrogen-bond donors (Lipinski definition) is 0. The lowest BCUT2D eigenvalue weighted by molar-refractivity contribution is 0.719. The molecule has 0 aromatic carbocycles. The molecule has 0 atom stereocenters. The van der Waals surface area contributed by atoms with E-state index in [1.807, 2.05) is 17.9 Å². The minimum absolute atomic E-state index is 0. The first-order valence-corrected chi connectivity index (χ1v) is 4.89. The molecule has 5 heteroatoms. The van der Waals surface area contributed by atoms with E-state index in [9.17, 15) is 0 Å². The number of rotatable bonds is 2. The molecule has 0 N–H and O–H groups in total. The Morgan fingerprint density at radius 1 is 1.64 bits per heavy atom. The van der Waals surface area contributed by atoms with Crippen molar-refractivity contribution in [2.45, 2.75) is 6.42 Å². The molecule has 0 bridgehead atoms. The Hall–Kier alpha value is 0.650. The molecular formula is C6H9Br3N2. The zero-order valence-electron chi connectivity index (χ0n) is 6.05. The van der Waals surface area contributed by atoms with Gasteiger partial charge in [0.2, 0.25) is 0 Å². The van der Waals surface area contributed by atoms with Crippen LogP contribution in [-0.2, 0) is 13.5 Å². The van der Waals surface area contributed by atoms with Gasteiger partial charge in [0, 0.05) is 18.8 Å². The summed E-state index contributed by atoms with van der Waals surface area (Å²) in [4.78, 5) is 0. The van der Waals surface area contributed by atoms with Gasteiger partial charge in [-0.1, -0.05) is 15.9 Å². The molecular weight excluding hydrogens is 340 g/mol. The summed E-state index contributed by atoms with van der Waals surface area (Å²) in [5, 5.41) is 5.06. The third kappa shape index (κ3) is 2.87. The van der Waals surface area contributed by atoms with Crippen LogP contribution in [0.25, 0.3) is 0 Å². The van der Waals surface area contributed by atoms with Crippen LogP contribution in [0.4, 0.5) is 0 Å². The summed E-state index contributed by atoms with van der Waals surface area (Å²) in [5.41, 5.74) is 1.23. The van der Waals surface area contributed by atoms with Crippen molar-refractivity contribution in [3.8, 4) is 0 Å². The summed E-state index contributed by atoms with van der Waals surface area (Å²) in [6, 6.07) is 0. The molecule has 0 aliphatic heterocycles. The third-order valence-electron chi connectivity index (χ3n) is 1.34. The third-order valence-corrected chi connectivity index (χ3v) is 2.40. The fraction of sp³-hybridized carbons (Fsp3) is 0.500. The molecule has 0 aliphatic rings. The monoisotopic (exact) mass is 346 g/mol. The Balaban J connectivity index is 0.000001000. The minimum atomic E-state index is 0. The van der Waals surface area contributed by atoms with Crippen LogP contribution in [0, 0.1) is 0 Å². The zero-order chi connectivity index (χ0) is 7.56. The molecule has 64 valence electrons. The Bertz CT molecular complexity index is 202. The van der Waals surface area contributed by atoms with E-state index in [4.69, 9.17) is 0 Å². The largest absolute Gasteiger partial charge is 0.271 e. The molecule has 0 saturated heterocycles. The van der Waals surface area contributed by atoms with Crippen LogP contribution in [0.1, 0.15) is 5.69 Å². The highest BCUT2D eigenvalue weighted by Crippen LogP contribution is 2.15. The Kier molecular flexibility index (Phi) is 5.64. The summed E-state index contributed by atoms with van der Waals surface area (Å²) in [7, 11) is 1.95. The maximum Gasteiger partial charge on any atom is 0.0635 e. The van der Waals surface area contributed by atoms with Gasteiger partial charge in [0.25, 0.3) is 0 Å². The molecule has 1 rings (SSSR count). The number of halogens is 3. The van der Waals surface area contributed by atoms with Crippen LogP contribution in [0.5, 0.6) is 0 Å². The van der Waals surface area contributed by atoms with Gasteiger partial charge in [0.05, 0.1) is 16.4 Å². The lowest BCUT2D eigenvalue weighted by Gasteiger charge is -1.97. The van der Waals surface area contributed by atoms with Crippen LogP contribution in [0.3, 0.4) is 0 Å². The lowest BCUT2D eigenvalue weighted by atomic mass is 10.3. The fourth-order valence-electron chi connectivity index (χ4n) is 0.807. The molecule has 0 radical (unpaired) electrons. The molecule has 0 saturated carbocycles. The standard InChI is InChI=1S/C6H8Br2N2.BrH/c1-10-6(2-3-7)5(8)4-9-10;/h4H,2-3H2,1H3;1H. The van der Waals surface area contributed by atoms with E-state index in [0.29, 0.717) is 0 Å². The maximum atomic E-state index is 4.08. The predicted molar refractivity (Wildman–Crippen MR) is 58.7 cm³/mol. The van der Waals surface area contributed by atoms with Crippen LogP contribution >= 0.6 is 48.8 Å². The van der Waals surface area contributed by atoms with Gasteiger partial charge in [-0.2, -0.15) is 5.10 Å². The second kappa shape index (κ2) is 5.32. The molecule has 0 amide bonds. The SMILES string of the molecule is Br.Cn1ncc(Br)c1CCBr. The van der Waals surface area contributed by atoms with Crippen molar-refractivity contribution in [3.05, 3.63) is 16.4 Å². The van der Waals surface area contributed by atoms with Gasteiger partial charge >= 0.3 is 0 Å². The Morgan fingerprint density at radius 2 is 2.27 bits per heavy atom. The minimum Gasteiger partial charge on any atom is -0.271 e. The van der Waals surface area contributed by atoms with E-state index in [-0.39, 0.29) is 17.0 Å². The van der Waals surface area contributed by atoms with Crippen molar-refractivity contribution in [2.75, 3.05) is 5.33 Å². The average Bonchev–Trinajstić information content (AvgIpc) is 2.20. The summed E-state index contributed by atoms with van der Waals surface area (Å²) in [6.07, 6.45) is 2.83. The normalized spacial score (nSPS) is 9.36. The number of nitrogens with zero attached hydrogens (tertiary/aromatic N) is 2. The summed E-state index contributed by atoms with van der Waals surface area (Å²) in [5.74, 6) is 0. The van der Waals surface area contributed by atoms with E-state index in [1.165, 1.54) is 5.69 Å². The molecule has 1 aromatic heterocycles. The highest BCUT2D eigenvalue weighted by atomic mass is 79.9. The number of hydrogen-bond acceptors (Lipinski definition) is 1. The van der Waals surface area contributed by atoms with Crippen molar-refractivity contribution < 1.29 is 0 Å². The maximum absolute atomic E-state index is 4.08. The molecule has 0 unspecified atom stereocenters. The molecule has 11 heavy (non-hydrogen) atoms. The van der Waals surface area contributed by atoms with E-state index >= 15 is 0 Å². The topological polar surface area (TPSA) is 17.8 Å². The number of aromatic nitrogens is 2. The molecule has 2 nitrogen and oxygen atoms in total. The fourth-order valence-corrected chi connectivity index (χ4v) is 1.73. The van der Waals surface area contributed by atoms with Gasteiger partial charge in [-0.3, -0.25) is 4.68 Å². The summed E-state index contributed by atoms with van der Waals surface area (Å²) in [6.45, 7) is 0. The smallest absolute Gasteiger partial charge is 0.0635 e. The van der Waals surface area contributed by atoms with Gasteiger partial charge in [0.1, 0.15) is 0 Å². The molecule has 1 aromatic rings. The predicted octanol–water partition coefficient (Wildman–Crippen LogP) is 2.70. The Morgan fingerprint density at radius 3 is 2.64 bits per heavy atom. The molecule has 1 heterocycles. The van der Waals surface area contributed by atoms with Gasteiger partial charge in [-0.05, 0) is 15.9 Å². The average molecular weight is 349 g/mol. The van der Waals surface area contributed by atoms with Crippen LogP contribution in [0.2, 0.25) is 0 Å². The molecule has 0 aliphatic carbocycles. The van der Waals surface area contributed by atoms with Crippen LogP contribution < -0.4 is 0 Å². The van der Waals surface area contributed by atoms with Crippen molar-refractivity contribution >= 4 is 48.8 Å². The van der Waals surface area contributed by atoms with E-state index < -0.39 is 0 Å². The molecule has 0 spiro atoms. The van der Waals surface area contributed by atoms with Gasteiger partial charge in [0.15, 0.2) is 0 Å². The first-order valence-electron chi connectivity index (χ1n) is 2.98. The van der Waals surface area contributed by atoms with Crippen molar-refractivity contribution in [1.29, 1.82) is 0 Å². The van der Waals surface area contributed by atoms with Crippen molar-refractivity contribution in [2.24, 2.45) is 7.05 Å². The van der Waals surface area contributed by atoms with Gasteiger partial charge in [-0.15, -0.1) is 17.0 Å². The quantitative estimate of drug-likeness (QED) is 0.751. The summed E-state index contributed by atoms with van der Waals surface area (Å²) >= 11 is 6.79. The van der Waals surface area contributed by atoms with Gasteiger partial charge in [-0.25, -0.2) is 0 Å². The lowest BCUT2D eigenvalue weighted by Crippen LogP contribution is -1.98. The van der Waals surface area contributed by atoms with E-state index in [0.717, 1.165) is 16.2 Å². The molecule has 0 fully saturated rings. The highest BCUT2D eigenvalue weighted by molar-refractivity contribution is 9.10. The zero-order valence-corrected chi connectivity index (χ0v) is 10.9. The van der Waals surface area contributed by atoms with Crippen molar-refractivity contribution in [1.82, 2.24) is 9.78 Å². The van der Waals surface area contributed by atoms with E-state index in [1.54, 1.807) is 0 Å². The van der Waals surface area contributed by atoms with Crippen LogP contribution in [0.15, 0.2) is 10.7 Å². The van der Waals surface area contributed by atoms with Crippen molar-refractivity contribution in [3.63, 3.8) is 0 Å². The van der Waals surface area contributed by atoms with Crippen LogP contribution in [-0.4, -0.2) is 15.1 Å². The number of alkyl halides is 1.